The topological polar surface area (TPSA) is 89.3 Å². The summed E-state index contributed by atoms with van der Waals surface area (Å²) in [5.74, 6) is 0.449. The maximum Gasteiger partial charge on any atom is 0.257 e. The van der Waals surface area contributed by atoms with Gasteiger partial charge < -0.3 is 9.64 Å². The summed E-state index contributed by atoms with van der Waals surface area (Å²) < 4.78 is 6.95. The van der Waals surface area contributed by atoms with Crippen LogP contribution < -0.4 is 15.0 Å². The van der Waals surface area contributed by atoms with E-state index in [2.05, 4.69) is 20.4 Å². The van der Waals surface area contributed by atoms with Gasteiger partial charge in [-0.2, -0.15) is 0 Å². The summed E-state index contributed by atoms with van der Waals surface area (Å²) >= 11 is 7.65. The summed E-state index contributed by atoms with van der Waals surface area (Å²) in [5, 5.41) is 12.2. The average molecular weight is 472 g/mol. The van der Waals surface area contributed by atoms with Gasteiger partial charge >= 0.3 is 0 Å². The number of carbonyl (C=O) groups is 2. The number of hydrogen-bond donors (Lipinski definition) is 1. The first-order valence-corrected chi connectivity index (χ1v) is 11.5. The molecule has 2 amide bonds. The van der Waals surface area contributed by atoms with Gasteiger partial charge in [0.05, 0.1) is 23.6 Å². The van der Waals surface area contributed by atoms with Crippen molar-refractivity contribution in [1.82, 2.24) is 20.1 Å². The summed E-state index contributed by atoms with van der Waals surface area (Å²) in [6.07, 6.45) is 2.18. The van der Waals surface area contributed by atoms with Crippen molar-refractivity contribution in [2.75, 3.05) is 30.9 Å². The first-order valence-electron chi connectivity index (χ1n) is 10.1. The highest BCUT2D eigenvalue weighted by Gasteiger charge is 2.24. The Morgan fingerprint density at radius 2 is 1.81 bits per heavy atom. The lowest BCUT2D eigenvalue weighted by Gasteiger charge is -2.19. The van der Waals surface area contributed by atoms with E-state index in [0.717, 1.165) is 31.6 Å². The number of para-hydroxylation sites is 1. The number of hydrogen-bond acceptors (Lipinski definition) is 7. The Hall–Kier alpha value is -3.04. The van der Waals surface area contributed by atoms with Crippen LogP contribution in [-0.2, 0) is 4.79 Å². The predicted molar refractivity (Wildman–Crippen MR) is 124 cm³/mol. The SMILES string of the molecule is COc1ccc(C(=O)NC(=O)CSc2nnc(N3CCCC3)n2-c2ccccc2Cl)cc1. The zero-order valence-electron chi connectivity index (χ0n) is 17.5. The molecule has 3 aromatic rings. The molecule has 1 fully saturated rings. The van der Waals surface area contributed by atoms with Gasteiger partial charge in [-0.1, -0.05) is 35.5 Å². The van der Waals surface area contributed by atoms with Crippen LogP contribution in [0.15, 0.2) is 53.7 Å². The highest BCUT2D eigenvalue weighted by molar-refractivity contribution is 7.99. The number of nitrogens with one attached hydrogen (secondary N) is 1. The Bertz CT molecular complexity index is 1110. The highest BCUT2D eigenvalue weighted by Crippen LogP contribution is 2.31. The van der Waals surface area contributed by atoms with Crippen LogP contribution in [0.3, 0.4) is 0 Å². The van der Waals surface area contributed by atoms with Gasteiger partial charge in [0.15, 0.2) is 5.16 Å². The van der Waals surface area contributed by atoms with Crippen molar-refractivity contribution < 1.29 is 14.3 Å². The third-order valence-corrected chi connectivity index (χ3v) is 6.28. The minimum absolute atomic E-state index is 0.00445. The van der Waals surface area contributed by atoms with Crippen LogP contribution in [0.2, 0.25) is 5.02 Å². The normalized spacial score (nSPS) is 13.2. The molecule has 1 N–H and O–H groups in total. The number of aromatic nitrogens is 3. The standard InChI is InChI=1S/C22H22ClN5O3S/c1-31-16-10-8-15(9-11-16)20(30)24-19(29)14-32-22-26-25-21(27-12-4-5-13-27)28(22)18-7-3-2-6-17(18)23/h2-3,6-11H,4-5,12-14H2,1H3,(H,24,29,30). The third kappa shape index (κ3) is 4.89. The van der Waals surface area contributed by atoms with E-state index in [0.29, 0.717) is 27.4 Å². The minimum Gasteiger partial charge on any atom is -0.497 e. The lowest BCUT2D eigenvalue weighted by atomic mass is 10.2. The number of nitrogens with zero attached hydrogens (tertiary/aromatic N) is 4. The van der Waals surface area contributed by atoms with Crippen LogP contribution in [0.1, 0.15) is 23.2 Å². The molecule has 1 aliphatic heterocycles. The molecule has 1 aromatic heterocycles. The summed E-state index contributed by atoms with van der Waals surface area (Å²) in [6, 6.07) is 14.0. The quantitative estimate of drug-likeness (QED) is 0.527. The summed E-state index contributed by atoms with van der Waals surface area (Å²) in [7, 11) is 1.55. The molecule has 4 rings (SSSR count). The van der Waals surface area contributed by atoms with Crippen LogP contribution in [-0.4, -0.2) is 52.5 Å². The van der Waals surface area contributed by atoms with Gasteiger partial charge in [0.25, 0.3) is 5.91 Å². The molecule has 0 spiro atoms. The smallest absolute Gasteiger partial charge is 0.257 e. The number of methoxy groups -OCH3 is 1. The molecule has 1 aliphatic rings. The molecule has 1 saturated heterocycles. The number of ether oxygens (including phenoxy) is 1. The molecule has 0 radical (unpaired) electrons. The molecular weight excluding hydrogens is 450 g/mol. The number of anilines is 1. The number of imide groups is 1. The number of halogens is 1. The van der Waals surface area contributed by atoms with Crippen molar-refractivity contribution >= 4 is 41.1 Å². The van der Waals surface area contributed by atoms with E-state index in [1.54, 1.807) is 37.4 Å². The Kier molecular flexibility index (Phi) is 6.96. The molecule has 0 bridgehead atoms. The molecule has 166 valence electrons. The number of benzene rings is 2. The van der Waals surface area contributed by atoms with Crippen LogP contribution >= 0.6 is 23.4 Å². The van der Waals surface area contributed by atoms with Crippen LogP contribution in [0, 0.1) is 0 Å². The molecule has 2 aromatic carbocycles. The Morgan fingerprint density at radius 3 is 2.50 bits per heavy atom. The number of carbonyl (C=O) groups excluding carboxylic acids is 2. The fourth-order valence-corrected chi connectivity index (χ4v) is 4.39. The van der Waals surface area contributed by atoms with Crippen molar-refractivity contribution in [2.45, 2.75) is 18.0 Å². The van der Waals surface area contributed by atoms with E-state index in [1.165, 1.54) is 11.8 Å². The third-order valence-electron chi connectivity index (χ3n) is 5.04. The largest absolute Gasteiger partial charge is 0.497 e. The lowest BCUT2D eigenvalue weighted by molar-refractivity contribution is -0.117. The van der Waals surface area contributed by atoms with E-state index in [4.69, 9.17) is 16.3 Å². The minimum atomic E-state index is -0.469. The molecule has 0 atom stereocenters. The Balaban J connectivity index is 1.48. The first-order chi connectivity index (χ1) is 15.6. The number of amides is 2. The van der Waals surface area contributed by atoms with Gasteiger partial charge in [0.1, 0.15) is 5.75 Å². The molecule has 10 heteroatoms. The highest BCUT2D eigenvalue weighted by atomic mass is 35.5. The number of rotatable bonds is 7. The van der Waals surface area contributed by atoms with Crippen molar-refractivity contribution in [3.05, 3.63) is 59.1 Å². The Labute approximate surface area is 194 Å². The van der Waals surface area contributed by atoms with E-state index in [1.807, 2.05) is 22.8 Å². The molecule has 2 heterocycles. The maximum absolute atomic E-state index is 12.4. The number of thioether (sulfide) groups is 1. The predicted octanol–water partition coefficient (Wildman–Crippen LogP) is 3.58. The van der Waals surface area contributed by atoms with Gasteiger partial charge in [0.2, 0.25) is 11.9 Å². The van der Waals surface area contributed by atoms with Gasteiger partial charge in [-0.05, 0) is 49.2 Å². The maximum atomic E-state index is 12.4. The second-order valence-corrected chi connectivity index (χ2v) is 8.51. The molecular formula is C22H22ClN5O3S. The van der Waals surface area contributed by atoms with Crippen LogP contribution in [0.5, 0.6) is 5.75 Å². The zero-order valence-corrected chi connectivity index (χ0v) is 19.0. The monoisotopic (exact) mass is 471 g/mol. The molecule has 8 nitrogen and oxygen atoms in total. The van der Waals surface area contributed by atoms with Crippen molar-refractivity contribution in [1.29, 1.82) is 0 Å². The summed E-state index contributed by atoms with van der Waals surface area (Å²) in [6.45, 7) is 1.79. The molecule has 0 unspecified atom stereocenters. The first kappa shape index (κ1) is 22.2. The summed E-state index contributed by atoms with van der Waals surface area (Å²) in [4.78, 5) is 26.9. The Morgan fingerprint density at radius 1 is 1.09 bits per heavy atom. The van der Waals surface area contributed by atoms with Gasteiger partial charge in [0, 0.05) is 18.7 Å². The lowest BCUT2D eigenvalue weighted by Crippen LogP contribution is -2.31. The van der Waals surface area contributed by atoms with E-state index in [-0.39, 0.29) is 5.75 Å². The molecule has 0 saturated carbocycles. The second-order valence-electron chi connectivity index (χ2n) is 7.16. The zero-order chi connectivity index (χ0) is 22.5. The molecule has 32 heavy (non-hydrogen) atoms. The second kappa shape index (κ2) is 10.1. The van der Waals surface area contributed by atoms with Crippen molar-refractivity contribution in [3.63, 3.8) is 0 Å². The molecule has 0 aliphatic carbocycles. The van der Waals surface area contributed by atoms with Crippen LogP contribution in [0.25, 0.3) is 5.69 Å². The average Bonchev–Trinajstić information content (AvgIpc) is 3.48. The van der Waals surface area contributed by atoms with Gasteiger partial charge in [-0.25, -0.2) is 0 Å². The van der Waals surface area contributed by atoms with Gasteiger partial charge in [-0.3, -0.25) is 19.5 Å². The fourth-order valence-electron chi connectivity index (χ4n) is 3.43. The van der Waals surface area contributed by atoms with E-state index < -0.39 is 11.8 Å². The van der Waals surface area contributed by atoms with Crippen molar-refractivity contribution in [2.24, 2.45) is 0 Å². The van der Waals surface area contributed by atoms with Crippen molar-refractivity contribution in [3.8, 4) is 11.4 Å². The van der Waals surface area contributed by atoms with E-state index in [9.17, 15) is 9.59 Å². The fraction of sp³-hybridized carbons (Fsp3) is 0.273. The summed E-state index contributed by atoms with van der Waals surface area (Å²) in [5.41, 5.74) is 1.12. The van der Waals surface area contributed by atoms with Crippen LogP contribution in [0.4, 0.5) is 5.95 Å². The van der Waals surface area contributed by atoms with Gasteiger partial charge in [-0.15, -0.1) is 10.2 Å². The van der Waals surface area contributed by atoms with E-state index >= 15 is 0 Å².